The van der Waals surface area contributed by atoms with Crippen molar-refractivity contribution in [1.82, 2.24) is 5.32 Å². The monoisotopic (exact) mass is 144 g/mol. The zero-order valence-corrected chi connectivity index (χ0v) is 7.52. The molecule has 0 rings (SSSR count). The summed E-state index contributed by atoms with van der Waals surface area (Å²) in [5.41, 5.74) is 5.63. The Morgan fingerprint density at radius 3 is 2.00 bits per heavy atom. The van der Waals surface area contributed by atoms with Gasteiger partial charge in [-0.2, -0.15) is 0 Å². The van der Waals surface area contributed by atoms with Gasteiger partial charge in [0.25, 0.3) is 0 Å². The van der Waals surface area contributed by atoms with Crippen molar-refractivity contribution < 1.29 is 0 Å². The maximum atomic E-state index is 5.63. The molecule has 0 saturated heterocycles. The van der Waals surface area contributed by atoms with E-state index in [4.69, 9.17) is 5.73 Å². The SMILES string of the molecule is CC(N)CC(C)NC(C)C. The molecule has 0 aliphatic rings. The highest BCUT2D eigenvalue weighted by Gasteiger charge is 2.04. The van der Waals surface area contributed by atoms with Crippen LogP contribution in [0.15, 0.2) is 0 Å². The molecule has 2 atom stereocenters. The predicted octanol–water partition coefficient (Wildman–Crippen LogP) is 1.11. The van der Waals surface area contributed by atoms with Gasteiger partial charge in [-0.15, -0.1) is 0 Å². The van der Waals surface area contributed by atoms with Gasteiger partial charge in [-0.3, -0.25) is 0 Å². The molecule has 0 aromatic rings. The van der Waals surface area contributed by atoms with E-state index in [-0.39, 0.29) is 0 Å². The van der Waals surface area contributed by atoms with E-state index in [1.807, 2.05) is 6.92 Å². The number of hydrogen-bond donors (Lipinski definition) is 2. The summed E-state index contributed by atoms with van der Waals surface area (Å²) < 4.78 is 0. The molecule has 0 aromatic carbocycles. The van der Waals surface area contributed by atoms with E-state index in [9.17, 15) is 0 Å². The smallest absolute Gasteiger partial charge is 0.00557 e. The third kappa shape index (κ3) is 6.05. The lowest BCUT2D eigenvalue weighted by atomic mass is 10.1. The molecule has 0 aliphatic carbocycles. The highest BCUT2D eigenvalue weighted by Crippen LogP contribution is 1.95. The van der Waals surface area contributed by atoms with Crippen molar-refractivity contribution in [3.05, 3.63) is 0 Å². The summed E-state index contributed by atoms with van der Waals surface area (Å²) in [4.78, 5) is 0. The number of rotatable bonds is 4. The molecule has 2 nitrogen and oxygen atoms in total. The number of hydrogen-bond acceptors (Lipinski definition) is 2. The van der Waals surface area contributed by atoms with Crippen LogP contribution in [0.25, 0.3) is 0 Å². The van der Waals surface area contributed by atoms with E-state index in [0.29, 0.717) is 18.1 Å². The van der Waals surface area contributed by atoms with Crippen molar-refractivity contribution in [2.45, 2.75) is 52.2 Å². The molecule has 0 heterocycles. The van der Waals surface area contributed by atoms with E-state index in [2.05, 4.69) is 26.1 Å². The van der Waals surface area contributed by atoms with Crippen LogP contribution in [0.5, 0.6) is 0 Å². The van der Waals surface area contributed by atoms with Gasteiger partial charge < -0.3 is 11.1 Å². The first-order chi connectivity index (χ1) is 4.52. The molecule has 10 heavy (non-hydrogen) atoms. The maximum absolute atomic E-state index is 5.63. The summed E-state index contributed by atoms with van der Waals surface area (Å²) in [6.07, 6.45) is 1.05. The third-order valence-corrected chi connectivity index (χ3v) is 1.34. The molecule has 0 saturated carbocycles. The second-order valence-electron chi connectivity index (χ2n) is 3.44. The van der Waals surface area contributed by atoms with Crippen LogP contribution in [-0.2, 0) is 0 Å². The summed E-state index contributed by atoms with van der Waals surface area (Å²) >= 11 is 0. The van der Waals surface area contributed by atoms with Crippen molar-refractivity contribution in [3.8, 4) is 0 Å². The Balaban J connectivity index is 3.34. The number of nitrogens with two attached hydrogens (primary N) is 1. The minimum Gasteiger partial charge on any atom is -0.328 e. The van der Waals surface area contributed by atoms with Crippen LogP contribution in [-0.4, -0.2) is 18.1 Å². The Bertz CT molecular complexity index is 69.3. The topological polar surface area (TPSA) is 38.0 Å². The maximum Gasteiger partial charge on any atom is 0.00557 e. The molecule has 2 unspecified atom stereocenters. The average molecular weight is 144 g/mol. The molecular weight excluding hydrogens is 124 g/mol. The van der Waals surface area contributed by atoms with Crippen LogP contribution in [0.1, 0.15) is 34.1 Å². The summed E-state index contributed by atoms with van der Waals surface area (Å²) in [7, 11) is 0. The van der Waals surface area contributed by atoms with Crippen molar-refractivity contribution >= 4 is 0 Å². The quantitative estimate of drug-likeness (QED) is 0.620. The second kappa shape index (κ2) is 4.69. The fraction of sp³-hybridized carbons (Fsp3) is 1.00. The Morgan fingerprint density at radius 2 is 1.70 bits per heavy atom. The van der Waals surface area contributed by atoms with Crippen molar-refractivity contribution in [1.29, 1.82) is 0 Å². The van der Waals surface area contributed by atoms with Gasteiger partial charge in [0.15, 0.2) is 0 Å². The van der Waals surface area contributed by atoms with E-state index >= 15 is 0 Å². The molecule has 3 N–H and O–H groups in total. The Morgan fingerprint density at radius 1 is 1.20 bits per heavy atom. The zero-order valence-electron chi connectivity index (χ0n) is 7.52. The fourth-order valence-electron chi connectivity index (χ4n) is 1.19. The highest BCUT2D eigenvalue weighted by molar-refractivity contribution is 4.68. The van der Waals surface area contributed by atoms with Gasteiger partial charge in [0.1, 0.15) is 0 Å². The summed E-state index contributed by atoms with van der Waals surface area (Å²) in [5, 5.41) is 3.39. The van der Waals surface area contributed by atoms with Crippen LogP contribution < -0.4 is 11.1 Å². The third-order valence-electron chi connectivity index (χ3n) is 1.34. The van der Waals surface area contributed by atoms with Crippen molar-refractivity contribution in [2.75, 3.05) is 0 Å². The van der Waals surface area contributed by atoms with Gasteiger partial charge in [0, 0.05) is 18.1 Å². The standard InChI is InChI=1S/C8H20N2/c1-6(2)10-8(4)5-7(3)9/h6-8,10H,5,9H2,1-4H3. The first-order valence-corrected chi connectivity index (χ1v) is 4.04. The lowest BCUT2D eigenvalue weighted by molar-refractivity contribution is 0.440. The Labute approximate surface area is 64.2 Å². The van der Waals surface area contributed by atoms with E-state index < -0.39 is 0 Å². The molecule has 62 valence electrons. The lowest BCUT2D eigenvalue weighted by Crippen LogP contribution is -2.36. The van der Waals surface area contributed by atoms with Crippen LogP contribution in [0.4, 0.5) is 0 Å². The molecule has 2 heteroatoms. The molecular formula is C8H20N2. The van der Waals surface area contributed by atoms with E-state index in [0.717, 1.165) is 6.42 Å². The largest absolute Gasteiger partial charge is 0.328 e. The number of nitrogens with one attached hydrogen (secondary N) is 1. The summed E-state index contributed by atoms with van der Waals surface area (Å²) in [5.74, 6) is 0. The van der Waals surface area contributed by atoms with Gasteiger partial charge in [0.05, 0.1) is 0 Å². The van der Waals surface area contributed by atoms with Gasteiger partial charge in [-0.05, 0) is 20.3 Å². The van der Waals surface area contributed by atoms with Gasteiger partial charge in [-0.25, -0.2) is 0 Å². The van der Waals surface area contributed by atoms with E-state index in [1.54, 1.807) is 0 Å². The molecule has 0 amide bonds. The molecule has 0 aliphatic heterocycles. The zero-order chi connectivity index (χ0) is 8.15. The molecule has 0 bridgehead atoms. The van der Waals surface area contributed by atoms with Crippen LogP contribution >= 0.6 is 0 Å². The molecule has 0 aromatic heterocycles. The first-order valence-electron chi connectivity index (χ1n) is 4.04. The Kier molecular flexibility index (Phi) is 4.65. The molecule has 0 fully saturated rings. The van der Waals surface area contributed by atoms with Crippen LogP contribution in [0.3, 0.4) is 0 Å². The lowest BCUT2D eigenvalue weighted by Gasteiger charge is -2.18. The fourth-order valence-corrected chi connectivity index (χ4v) is 1.19. The normalized spacial score (nSPS) is 17.4. The van der Waals surface area contributed by atoms with Crippen LogP contribution in [0, 0.1) is 0 Å². The highest BCUT2D eigenvalue weighted by atomic mass is 14.9. The predicted molar refractivity (Wildman–Crippen MR) is 46.0 cm³/mol. The van der Waals surface area contributed by atoms with Crippen molar-refractivity contribution in [2.24, 2.45) is 5.73 Å². The van der Waals surface area contributed by atoms with Crippen molar-refractivity contribution in [3.63, 3.8) is 0 Å². The van der Waals surface area contributed by atoms with Gasteiger partial charge >= 0.3 is 0 Å². The van der Waals surface area contributed by atoms with Crippen LogP contribution in [0.2, 0.25) is 0 Å². The minimum atomic E-state index is 0.307. The summed E-state index contributed by atoms with van der Waals surface area (Å²) in [6, 6.07) is 1.41. The molecule has 0 radical (unpaired) electrons. The first kappa shape index (κ1) is 9.92. The average Bonchev–Trinajstić information content (AvgIpc) is 1.58. The summed E-state index contributed by atoms with van der Waals surface area (Å²) in [6.45, 7) is 8.51. The van der Waals surface area contributed by atoms with Gasteiger partial charge in [-0.1, -0.05) is 13.8 Å². The molecule has 0 spiro atoms. The second-order valence-corrected chi connectivity index (χ2v) is 3.44. The minimum absolute atomic E-state index is 0.307. The van der Waals surface area contributed by atoms with E-state index in [1.165, 1.54) is 0 Å². The Hall–Kier alpha value is -0.0800. The van der Waals surface area contributed by atoms with Gasteiger partial charge in [0.2, 0.25) is 0 Å².